The third-order valence-electron chi connectivity index (χ3n) is 7.93. The molecule has 0 aromatic rings. The molecule has 0 radical (unpaired) electrons. The van der Waals surface area contributed by atoms with Crippen molar-refractivity contribution in [1.29, 1.82) is 0 Å². The fourth-order valence-electron chi connectivity index (χ4n) is 6.14. The molecular formula is C23H36O6. The molecular weight excluding hydrogens is 372 g/mol. The Hall–Kier alpha value is -1.14. The lowest BCUT2D eigenvalue weighted by atomic mass is 9.81. The molecule has 6 heteroatoms. The number of hydrogen-bond donors (Lipinski definition) is 0. The van der Waals surface area contributed by atoms with Crippen LogP contribution in [0.4, 0.5) is 0 Å². The Labute approximate surface area is 174 Å². The van der Waals surface area contributed by atoms with Gasteiger partial charge in [-0.15, -0.1) is 0 Å². The van der Waals surface area contributed by atoms with Crippen molar-refractivity contribution in [2.24, 2.45) is 17.8 Å². The van der Waals surface area contributed by atoms with Crippen molar-refractivity contribution in [3.63, 3.8) is 0 Å². The van der Waals surface area contributed by atoms with Gasteiger partial charge in [0, 0.05) is 6.42 Å². The van der Waals surface area contributed by atoms with Crippen LogP contribution in [0, 0.1) is 17.8 Å². The van der Waals surface area contributed by atoms with Gasteiger partial charge in [0.15, 0.2) is 0 Å². The van der Waals surface area contributed by atoms with Gasteiger partial charge in [-0.2, -0.15) is 0 Å². The maximum absolute atomic E-state index is 12.2. The van der Waals surface area contributed by atoms with E-state index in [1.807, 2.05) is 13.8 Å². The predicted octanol–water partition coefficient (Wildman–Crippen LogP) is 3.79. The zero-order valence-electron chi connectivity index (χ0n) is 18.4. The second-order valence-corrected chi connectivity index (χ2v) is 10.2. The molecule has 6 nitrogen and oxygen atoms in total. The van der Waals surface area contributed by atoms with Gasteiger partial charge in [-0.1, -0.05) is 27.7 Å². The quantitative estimate of drug-likeness (QED) is 0.659. The predicted molar refractivity (Wildman–Crippen MR) is 106 cm³/mol. The van der Waals surface area contributed by atoms with E-state index in [1.165, 1.54) is 0 Å². The summed E-state index contributed by atoms with van der Waals surface area (Å²) in [6.45, 7) is 10.5. The van der Waals surface area contributed by atoms with Gasteiger partial charge < -0.3 is 18.9 Å². The van der Waals surface area contributed by atoms with Gasteiger partial charge >= 0.3 is 11.9 Å². The summed E-state index contributed by atoms with van der Waals surface area (Å²) in [5.41, 5.74) is -0.898. The summed E-state index contributed by atoms with van der Waals surface area (Å²) in [5, 5.41) is 0. The minimum Gasteiger partial charge on any atom is -0.459 e. The smallest absolute Gasteiger partial charge is 0.309 e. The van der Waals surface area contributed by atoms with E-state index in [4.69, 9.17) is 18.9 Å². The van der Waals surface area contributed by atoms with E-state index in [1.54, 1.807) is 0 Å². The standard InChI is InChI=1S/C23H36O6/c1-6-23(10-7-17(28-23)22(5)9-8-18(24)29-22)20-14(3)12-16(26-20)19-13(2)11-15(4)21(25)27-19/h13-17,19-20H,6-12H2,1-5H3/t13-,14-,15+,16+,17+,19-,20+,22-,23-/m0/s1. The third kappa shape index (κ3) is 3.60. The molecule has 4 rings (SSSR count). The fraction of sp³-hybridized carbons (Fsp3) is 0.913. The van der Waals surface area contributed by atoms with Crippen molar-refractivity contribution in [1.82, 2.24) is 0 Å². The molecule has 4 aliphatic heterocycles. The topological polar surface area (TPSA) is 71.1 Å². The van der Waals surface area contributed by atoms with Crippen LogP contribution in [0.1, 0.15) is 79.6 Å². The van der Waals surface area contributed by atoms with Crippen LogP contribution in [0.5, 0.6) is 0 Å². The normalized spacial score (nSPS) is 50.6. The highest BCUT2D eigenvalue weighted by Gasteiger charge is 2.58. The highest BCUT2D eigenvalue weighted by Crippen LogP contribution is 2.50. The molecule has 0 bridgehead atoms. The van der Waals surface area contributed by atoms with E-state index in [0.29, 0.717) is 24.7 Å². The Bertz CT molecular complexity index is 664. The van der Waals surface area contributed by atoms with Crippen LogP contribution in [0.2, 0.25) is 0 Å². The molecule has 0 aliphatic carbocycles. The molecule has 0 N–H and O–H groups in total. The first kappa shape index (κ1) is 21.1. The van der Waals surface area contributed by atoms with Crippen molar-refractivity contribution in [3.8, 4) is 0 Å². The Morgan fingerprint density at radius 2 is 1.83 bits per heavy atom. The summed E-state index contributed by atoms with van der Waals surface area (Å²) in [6, 6.07) is 0. The minimum absolute atomic E-state index is 0.0338. The first-order valence-electron chi connectivity index (χ1n) is 11.4. The van der Waals surface area contributed by atoms with Crippen LogP contribution in [-0.2, 0) is 28.5 Å². The van der Waals surface area contributed by atoms with Gasteiger partial charge in [0.1, 0.15) is 11.7 Å². The Kier molecular flexibility index (Phi) is 5.48. The second-order valence-electron chi connectivity index (χ2n) is 10.2. The van der Waals surface area contributed by atoms with Crippen LogP contribution >= 0.6 is 0 Å². The molecule has 4 fully saturated rings. The SMILES string of the molecule is CC[C@@]1([C@@H]2O[C@@H]([C@H]3OC(=O)[C@H](C)C[C@@H]3C)C[C@@H]2C)CC[C@H]([C@]2(C)CCC(=O)O2)O1. The number of rotatable bonds is 4. The maximum atomic E-state index is 12.2. The first-order chi connectivity index (χ1) is 13.7. The van der Waals surface area contributed by atoms with Crippen molar-refractivity contribution < 1.29 is 28.5 Å². The van der Waals surface area contributed by atoms with E-state index in [2.05, 4.69) is 20.8 Å². The molecule has 0 saturated carbocycles. The number of hydrogen-bond acceptors (Lipinski definition) is 6. The summed E-state index contributed by atoms with van der Waals surface area (Å²) in [7, 11) is 0. The number of cyclic esters (lactones) is 2. The van der Waals surface area contributed by atoms with Crippen LogP contribution in [0.25, 0.3) is 0 Å². The van der Waals surface area contributed by atoms with Crippen molar-refractivity contribution in [2.75, 3.05) is 0 Å². The first-order valence-corrected chi connectivity index (χ1v) is 11.4. The number of carbonyl (C=O) groups excluding carboxylic acids is 2. The van der Waals surface area contributed by atoms with Gasteiger partial charge in [-0.25, -0.2) is 0 Å². The molecule has 4 saturated heterocycles. The third-order valence-corrected chi connectivity index (χ3v) is 7.93. The fourth-order valence-corrected chi connectivity index (χ4v) is 6.14. The van der Waals surface area contributed by atoms with E-state index in [-0.39, 0.29) is 47.9 Å². The van der Waals surface area contributed by atoms with Gasteiger partial charge in [0.2, 0.25) is 0 Å². The lowest BCUT2D eigenvalue weighted by molar-refractivity contribution is -0.202. The molecule has 4 heterocycles. The second kappa shape index (κ2) is 7.52. The Morgan fingerprint density at radius 3 is 2.48 bits per heavy atom. The van der Waals surface area contributed by atoms with Crippen LogP contribution in [-0.4, -0.2) is 47.6 Å². The van der Waals surface area contributed by atoms with E-state index >= 15 is 0 Å². The summed E-state index contributed by atoms with van der Waals surface area (Å²) in [6.07, 6.45) is 5.17. The minimum atomic E-state index is -0.529. The average molecular weight is 409 g/mol. The summed E-state index contributed by atoms with van der Waals surface area (Å²) in [5.74, 6) is 0.351. The Balaban J connectivity index is 1.47. The molecule has 29 heavy (non-hydrogen) atoms. The zero-order chi connectivity index (χ0) is 21.0. The summed E-state index contributed by atoms with van der Waals surface area (Å²) < 4.78 is 24.7. The monoisotopic (exact) mass is 408 g/mol. The summed E-state index contributed by atoms with van der Waals surface area (Å²) in [4.78, 5) is 23.9. The molecule has 164 valence electrons. The van der Waals surface area contributed by atoms with Gasteiger partial charge in [0.05, 0.1) is 29.8 Å². The maximum Gasteiger partial charge on any atom is 0.309 e. The van der Waals surface area contributed by atoms with Crippen LogP contribution in [0.3, 0.4) is 0 Å². The highest BCUT2D eigenvalue weighted by molar-refractivity contribution is 5.73. The molecule has 0 aromatic heterocycles. The van der Waals surface area contributed by atoms with Crippen molar-refractivity contribution in [3.05, 3.63) is 0 Å². The van der Waals surface area contributed by atoms with E-state index in [0.717, 1.165) is 32.1 Å². The van der Waals surface area contributed by atoms with Crippen LogP contribution in [0.15, 0.2) is 0 Å². The number of ether oxygens (including phenoxy) is 4. The lowest BCUT2D eigenvalue weighted by Crippen LogP contribution is -2.49. The molecule has 4 aliphatic rings. The van der Waals surface area contributed by atoms with Crippen molar-refractivity contribution >= 4 is 11.9 Å². The zero-order valence-corrected chi connectivity index (χ0v) is 18.4. The van der Waals surface area contributed by atoms with Gasteiger partial charge in [0.25, 0.3) is 0 Å². The largest absolute Gasteiger partial charge is 0.459 e. The van der Waals surface area contributed by atoms with Gasteiger partial charge in [-0.05, 0) is 57.3 Å². The Morgan fingerprint density at radius 1 is 1.07 bits per heavy atom. The summed E-state index contributed by atoms with van der Waals surface area (Å²) >= 11 is 0. The van der Waals surface area contributed by atoms with Crippen LogP contribution < -0.4 is 0 Å². The van der Waals surface area contributed by atoms with Crippen molar-refractivity contribution in [2.45, 2.75) is 115 Å². The lowest BCUT2D eigenvalue weighted by Gasteiger charge is -2.39. The molecule has 0 spiro atoms. The number of carbonyl (C=O) groups is 2. The molecule has 0 unspecified atom stereocenters. The molecule has 9 atom stereocenters. The molecule has 0 aromatic carbocycles. The van der Waals surface area contributed by atoms with E-state index < -0.39 is 5.60 Å². The van der Waals surface area contributed by atoms with E-state index in [9.17, 15) is 9.59 Å². The highest BCUT2D eigenvalue weighted by atomic mass is 16.6. The van der Waals surface area contributed by atoms with Gasteiger partial charge in [-0.3, -0.25) is 9.59 Å². The average Bonchev–Trinajstić information content (AvgIpc) is 3.36. The number of esters is 2. The molecule has 0 amide bonds.